The molecule has 0 spiro atoms. The summed E-state index contributed by atoms with van der Waals surface area (Å²) in [5.41, 5.74) is 0.722. The minimum atomic E-state index is -1.42. The number of aryl methyl sites for hydroxylation is 1. The number of ether oxygens (including phenoxy) is 1. The van der Waals surface area contributed by atoms with Gasteiger partial charge in [0.15, 0.2) is 0 Å². The van der Waals surface area contributed by atoms with Crippen molar-refractivity contribution in [1.29, 1.82) is 0 Å². The quantitative estimate of drug-likeness (QED) is 0.300. The summed E-state index contributed by atoms with van der Waals surface area (Å²) in [4.78, 5) is 19.7. The summed E-state index contributed by atoms with van der Waals surface area (Å²) < 4.78 is 5.19. The van der Waals surface area contributed by atoms with Crippen molar-refractivity contribution in [1.82, 2.24) is 9.88 Å². The molecule has 1 saturated heterocycles. The normalized spacial score (nSPS) is 22.0. The van der Waals surface area contributed by atoms with Crippen LogP contribution in [0, 0.1) is 12.3 Å². The fraction of sp³-hybridized carbons (Fsp3) is 0.394. The molecule has 7 nitrogen and oxygen atoms in total. The number of likely N-dealkylation sites (tertiary alicyclic amines) is 1. The van der Waals surface area contributed by atoms with Gasteiger partial charge in [0, 0.05) is 47.7 Å². The van der Waals surface area contributed by atoms with Gasteiger partial charge in [0.25, 0.3) is 0 Å². The lowest BCUT2D eigenvalue weighted by molar-refractivity contribution is -0.186. The SMILES string of the molecule is COC(=O)C1(C)CN(CC/C=C(/c2cc(C(C)(C)O)ccc2O)c2cccnc2C)CCC1(O)c1ccc(Cl)cc1. The number of aromatic nitrogens is 1. The number of aliphatic hydroxyl groups is 2. The number of benzene rings is 2. The monoisotopic (exact) mass is 578 g/mol. The zero-order valence-corrected chi connectivity index (χ0v) is 25.1. The molecule has 1 fully saturated rings. The highest BCUT2D eigenvalue weighted by molar-refractivity contribution is 6.30. The fourth-order valence-electron chi connectivity index (χ4n) is 5.75. The van der Waals surface area contributed by atoms with Crippen molar-refractivity contribution in [3.8, 4) is 5.75 Å². The molecule has 0 aliphatic carbocycles. The number of methoxy groups -OCH3 is 1. The third kappa shape index (κ3) is 6.19. The van der Waals surface area contributed by atoms with Crippen molar-refractivity contribution >= 4 is 23.1 Å². The molecule has 8 heteroatoms. The molecule has 41 heavy (non-hydrogen) atoms. The van der Waals surface area contributed by atoms with Gasteiger partial charge in [-0.1, -0.05) is 41.9 Å². The number of phenolic OH excluding ortho intramolecular Hbond substituents is 1. The number of phenols is 1. The van der Waals surface area contributed by atoms with Gasteiger partial charge in [-0.3, -0.25) is 9.78 Å². The summed E-state index contributed by atoms with van der Waals surface area (Å²) in [6, 6.07) is 15.9. The van der Waals surface area contributed by atoms with E-state index in [0.29, 0.717) is 54.2 Å². The summed E-state index contributed by atoms with van der Waals surface area (Å²) in [5.74, 6) is -0.369. The van der Waals surface area contributed by atoms with E-state index in [2.05, 4.69) is 16.0 Å². The summed E-state index contributed by atoms with van der Waals surface area (Å²) in [5, 5.41) is 33.9. The van der Waals surface area contributed by atoms with E-state index in [1.807, 2.05) is 25.1 Å². The van der Waals surface area contributed by atoms with E-state index in [1.165, 1.54) is 7.11 Å². The van der Waals surface area contributed by atoms with E-state index in [0.717, 1.165) is 16.8 Å². The van der Waals surface area contributed by atoms with Crippen LogP contribution >= 0.6 is 11.6 Å². The van der Waals surface area contributed by atoms with Crippen molar-refractivity contribution in [2.24, 2.45) is 5.41 Å². The average Bonchev–Trinajstić information content (AvgIpc) is 2.93. The first-order valence-electron chi connectivity index (χ1n) is 13.8. The van der Waals surface area contributed by atoms with E-state index >= 15 is 0 Å². The lowest BCUT2D eigenvalue weighted by Crippen LogP contribution is -2.60. The second-order valence-electron chi connectivity index (χ2n) is 11.6. The summed E-state index contributed by atoms with van der Waals surface area (Å²) >= 11 is 6.08. The molecule has 0 saturated carbocycles. The molecule has 3 N–H and O–H groups in total. The van der Waals surface area contributed by atoms with Gasteiger partial charge >= 0.3 is 5.97 Å². The number of hydrogen-bond acceptors (Lipinski definition) is 7. The van der Waals surface area contributed by atoms with Gasteiger partial charge in [0.2, 0.25) is 0 Å². The van der Waals surface area contributed by atoms with Gasteiger partial charge < -0.3 is 25.0 Å². The number of aromatic hydroxyl groups is 1. The van der Waals surface area contributed by atoms with Crippen molar-refractivity contribution in [2.45, 2.75) is 51.7 Å². The molecule has 0 bridgehead atoms. The Hall–Kier alpha value is -3.23. The highest BCUT2D eigenvalue weighted by atomic mass is 35.5. The number of halogens is 1. The Balaban J connectivity index is 1.64. The van der Waals surface area contributed by atoms with Crippen LogP contribution in [0.4, 0.5) is 0 Å². The third-order valence-corrected chi connectivity index (χ3v) is 8.54. The Morgan fingerprint density at radius 1 is 1.17 bits per heavy atom. The topological polar surface area (TPSA) is 103 Å². The molecule has 1 aliphatic rings. The summed E-state index contributed by atoms with van der Waals surface area (Å²) in [7, 11) is 1.34. The van der Waals surface area contributed by atoms with Crippen LogP contribution in [0.15, 0.2) is 66.9 Å². The molecular weight excluding hydrogens is 540 g/mol. The van der Waals surface area contributed by atoms with Crippen LogP contribution in [0.5, 0.6) is 5.75 Å². The van der Waals surface area contributed by atoms with Gasteiger partial charge in [-0.15, -0.1) is 0 Å². The largest absolute Gasteiger partial charge is 0.507 e. The van der Waals surface area contributed by atoms with Crippen LogP contribution in [0.1, 0.15) is 61.6 Å². The number of carbonyl (C=O) groups is 1. The predicted octanol–water partition coefficient (Wildman–Crippen LogP) is 5.57. The molecule has 2 atom stereocenters. The lowest BCUT2D eigenvalue weighted by Gasteiger charge is -2.50. The van der Waals surface area contributed by atoms with E-state index in [4.69, 9.17) is 16.3 Å². The molecular formula is C33H39ClN2O5. The summed E-state index contributed by atoms with van der Waals surface area (Å²) in [6.07, 6.45) is 4.73. The molecule has 1 aliphatic heterocycles. The van der Waals surface area contributed by atoms with E-state index in [1.54, 1.807) is 63.4 Å². The van der Waals surface area contributed by atoms with Gasteiger partial charge in [0.1, 0.15) is 16.8 Å². The van der Waals surface area contributed by atoms with Gasteiger partial charge in [-0.25, -0.2) is 0 Å². The first-order valence-corrected chi connectivity index (χ1v) is 14.2. The zero-order chi connectivity index (χ0) is 30.0. The summed E-state index contributed by atoms with van der Waals surface area (Å²) in [6.45, 7) is 8.57. The van der Waals surface area contributed by atoms with E-state index in [9.17, 15) is 20.1 Å². The number of rotatable bonds is 8. The molecule has 0 amide bonds. The van der Waals surface area contributed by atoms with Crippen LogP contribution in [0.25, 0.3) is 5.57 Å². The molecule has 2 unspecified atom stereocenters. The van der Waals surface area contributed by atoms with E-state index in [-0.39, 0.29) is 5.75 Å². The van der Waals surface area contributed by atoms with Crippen molar-refractivity contribution in [3.05, 3.63) is 99.8 Å². The second-order valence-corrected chi connectivity index (χ2v) is 12.0. The Morgan fingerprint density at radius 3 is 2.51 bits per heavy atom. The maximum absolute atomic E-state index is 13.1. The van der Waals surface area contributed by atoms with Crippen LogP contribution in [0.3, 0.4) is 0 Å². The molecule has 0 radical (unpaired) electrons. The average molecular weight is 579 g/mol. The molecule has 2 heterocycles. The molecule has 3 aromatic rings. The highest BCUT2D eigenvalue weighted by Gasteiger charge is 2.57. The van der Waals surface area contributed by atoms with Gasteiger partial charge in [-0.05, 0) is 87.6 Å². The number of pyridine rings is 1. The number of carbonyl (C=O) groups excluding carboxylic acids is 1. The van der Waals surface area contributed by atoms with Crippen LogP contribution in [0.2, 0.25) is 5.02 Å². The molecule has 1 aromatic heterocycles. The van der Waals surface area contributed by atoms with Crippen LogP contribution in [-0.4, -0.2) is 57.9 Å². The first-order chi connectivity index (χ1) is 19.3. The lowest BCUT2D eigenvalue weighted by atomic mass is 9.65. The Morgan fingerprint density at radius 2 is 1.88 bits per heavy atom. The smallest absolute Gasteiger partial charge is 0.316 e. The standard InChI is InChI=1S/C33H39ClN2O5/c1-22-26(8-6-17-35-22)27(28-20-24(31(2,3)39)12-15-29(28)37)9-7-18-36-19-16-33(40,23-10-13-25(34)14-11-23)32(4,21-36)30(38)41-5/h6,8-15,17,20,37,39-40H,7,16,18-19,21H2,1-5H3/b27-9+. The van der Waals surface area contributed by atoms with Gasteiger partial charge in [0.05, 0.1) is 12.7 Å². The molecule has 4 rings (SSSR count). The molecule has 218 valence electrons. The number of piperidine rings is 1. The zero-order valence-electron chi connectivity index (χ0n) is 24.3. The maximum atomic E-state index is 13.1. The number of esters is 1. The van der Waals surface area contributed by atoms with Crippen molar-refractivity contribution in [2.75, 3.05) is 26.7 Å². The number of nitrogens with zero attached hydrogens (tertiary/aromatic N) is 2. The Labute approximate surface area is 247 Å². The second kappa shape index (κ2) is 11.9. The maximum Gasteiger partial charge on any atom is 0.316 e. The molecule has 2 aromatic carbocycles. The predicted molar refractivity (Wildman–Crippen MR) is 161 cm³/mol. The van der Waals surface area contributed by atoms with Gasteiger partial charge in [-0.2, -0.15) is 0 Å². The van der Waals surface area contributed by atoms with Crippen molar-refractivity contribution in [3.63, 3.8) is 0 Å². The Kier molecular flexibility index (Phi) is 8.95. The first kappa shape index (κ1) is 30.7. The minimum Gasteiger partial charge on any atom is -0.507 e. The fourth-order valence-corrected chi connectivity index (χ4v) is 5.87. The van der Waals surface area contributed by atoms with Crippen molar-refractivity contribution < 1.29 is 24.9 Å². The van der Waals surface area contributed by atoms with Crippen LogP contribution < -0.4 is 0 Å². The van der Waals surface area contributed by atoms with E-state index < -0.39 is 22.6 Å². The minimum absolute atomic E-state index is 0.108. The van der Waals surface area contributed by atoms with Crippen LogP contribution in [-0.2, 0) is 20.7 Å². The Bertz CT molecular complexity index is 1430. The number of hydrogen-bond donors (Lipinski definition) is 3. The highest BCUT2D eigenvalue weighted by Crippen LogP contribution is 2.47. The third-order valence-electron chi connectivity index (χ3n) is 8.28.